The van der Waals surface area contributed by atoms with E-state index in [1.807, 2.05) is 60.5 Å². The lowest BCUT2D eigenvalue weighted by atomic mass is 10.2. The van der Waals surface area contributed by atoms with Crippen LogP contribution < -0.4 is 9.64 Å². The molecule has 0 saturated carbocycles. The molecule has 0 aromatic heterocycles. The Kier molecular flexibility index (Phi) is 3.49. The van der Waals surface area contributed by atoms with Gasteiger partial charge in [-0.15, -0.1) is 0 Å². The molecule has 90 valence electrons. The van der Waals surface area contributed by atoms with Crippen LogP contribution in [-0.4, -0.2) is 14.2 Å². The summed E-state index contributed by atoms with van der Waals surface area (Å²) < 4.78 is 5.13. The summed E-state index contributed by atoms with van der Waals surface area (Å²) in [6.07, 6.45) is 0. The summed E-state index contributed by atoms with van der Waals surface area (Å²) in [6.45, 7) is 7.18. The van der Waals surface area contributed by atoms with Crippen molar-refractivity contribution >= 4 is 17.1 Å². The van der Waals surface area contributed by atoms with Gasteiger partial charge in [-0.2, -0.15) is 0 Å². The average molecular weight is 238 g/mol. The van der Waals surface area contributed by atoms with E-state index in [1.54, 1.807) is 7.11 Å². The zero-order valence-corrected chi connectivity index (χ0v) is 10.4. The van der Waals surface area contributed by atoms with Crippen LogP contribution in [0.4, 0.5) is 17.1 Å². The molecule has 2 rings (SSSR count). The van der Waals surface area contributed by atoms with Crippen molar-refractivity contribution in [3.05, 3.63) is 59.9 Å². The fourth-order valence-corrected chi connectivity index (χ4v) is 1.79. The molecule has 3 nitrogen and oxygen atoms in total. The molecule has 0 fully saturated rings. The maximum atomic E-state index is 7.18. The van der Waals surface area contributed by atoms with Crippen molar-refractivity contribution in [2.24, 2.45) is 0 Å². The number of hydrogen-bond donors (Lipinski definition) is 0. The van der Waals surface area contributed by atoms with Gasteiger partial charge in [0.25, 0.3) is 0 Å². The molecule has 0 aliphatic carbocycles. The Morgan fingerprint density at radius 1 is 1.06 bits per heavy atom. The number of methoxy groups -OCH3 is 1. The van der Waals surface area contributed by atoms with Gasteiger partial charge in [-0.05, 0) is 30.3 Å². The molecule has 18 heavy (non-hydrogen) atoms. The predicted octanol–water partition coefficient (Wildman–Crippen LogP) is 4.01. The molecule has 0 unspecified atom stereocenters. The SMILES string of the molecule is [C-]#[N+]c1ccccc1N(C)c1ccc(OC)cc1. The molecule has 0 spiro atoms. The van der Waals surface area contributed by atoms with Crippen LogP contribution in [0.3, 0.4) is 0 Å². The lowest BCUT2D eigenvalue weighted by molar-refractivity contribution is 0.415. The first-order valence-electron chi connectivity index (χ1n) is 5.60. The summed E-state index contributed by atoms with van der Waals surface area (Å²) in [4.78, 5) is 5.53. The number of para-hydroxylation sites is 2. The van der Waals surface area contributed by atoms with Crippen molar-refractivity contribution < 1.29 is 4.74 Å². The van der Waals surface area contributed by atoms with Gasteiger partial charge in [-0.1, -0.05) is 18.2 Å². The summed E-state index contributed by atoms with van der Waals surface area (Å²) in [5.74, 6) is 0.825. The Morgan fingerprint density at radius 2 is 1.72 bits per heavy atom. The predicted molar refractivity (Wildman–Crippen MR) is 73.8 cm³/mol. The molecule has 0 N–H and O–H groups in total. The normalized spacial score (nSPS) is 9.61. The van der Waals surface area contributed by atoms with E-state index >= 15 is 0 Å². The van der Waals surface area contributed by atoms with Crippen molar-refractivity contribution in [3.63, 3.8) is 0 Å². The number of anilines is 2. The van der Waals surface area contributed by atoms with Gasteiger partial charge in [0, 0.05) is 18.4 Å². The zero-order chi connectivity index (χ0) is 13.0. The molecular weight excluding hydrogens is 224 g/mol. The molecule has 2 aromatic rings. The standard InChI is InChI=1S/C15H14N2O/c1-16-14-6-4-5-7-15(14)17(2)12-8-10-13(18-3)11-9-12/h4-11H,2-3H3. The first-order valence-corrected chi connectivity index (χ1v) is 5.60. The molecule has 2 aromatic carbocycles. The van der Waals surface area contributed by atoms with Crippen LogP contribution in [0.1, 0.15) is 0 Å². The van der Waals surface area contributed by atoms with Crippen LogP contribution >= 0.6 is 0 Å². The van der Waals surface area contributed by atoms with E-state index in [4.69, 9.17) is 11.3 Å². The molecule has 3 heteroatoms. The topological polar surface area (TPSA) is 16.8 Å². The quantitative estimate of drug-likeness (QED) is 0.751. The Morgan fingerprint density at radius 3 is 2.33 bits per heavy atom. The van der Waals surface area contributed by atoms with E-state index in [-0.39, 0.29) is 0 Å². The Labute approximate surface area is 107 Å². The number of ether oxygens (including phenoxy) is 1. The third kappa shape index (κ3) is 2.28. The Hall–Kier alpha value is -2.47. The minimum atomic E-state index is 0.649. The van der Waals surface area contributed by atoms with Crippen molar-refractivity contribution in [2.45, 2.75) is 0 Å². The lowest BCUT2D eigenvalue weighted by Gasteiger charge is -2.21. The molecule has 0 atom stereocenters. The second-order valence-electron chi connectivity index (χ2n) is 3.86. The molecule has 0 saturated heterocycles. The summed E-state index contributed by atoms with van der Waals surface area (Å²) in [5, 5.41) is 0. The highest BCUT2D eigenvalue weighted by Crippen LogP contribution is 2.33. The van der Waals surface area contributed by atoms with Crippen molar-refractivity contribution in [3.8, 4) is 5.75 Å². The van der Waals surface area contributed by atoms with Crippen molar-refractivity contribution in [1.29, 1.82) is 0 Å². The average Bonchev–Trinajstić information content (AvgIpc) is 2.46. The highest BCUT2D eigenvalue weighted by atomic mass is 16.5. The number of rotatable bonds is 3. The van der Waals surface area contributed by atoms with E-state index in [2.05, 4.69) is 4.85 Å². The molecule has 0 amide bonds. The Bertz CT molecular complexity index is 570. The van der Waals surface area contributed by atoms with Crippen LogP contribution in [0, 0.1) is 6.57 Å². The molecule has 0 bridgehead atoms. The van der Waals surface area contributed by atoms with Gasteiger partial charge in [0.2, 0.25) is 5.69 Å². The summed E-state index contributed by atoms with van der Waals surface area (Å²) in [6, 6.07) is 15.3. The number of hydrogen-bond acceptors (Lipinski definition) is 2. The van der Waals surface area contributed by atoms with Gasteiger partial charge in [-0.25, -0.2) is 4.85 Å². The monoisotopic (exact) mass is 238 g/mol. The van der Waals surface area contributed by atoms with Crippen LogP contribution in [0.2, 0.25) is 0 Å². The van der Waals surface area contributed by atoms with Gasteiger partial charge >= 0.3 is 0 Å². The van der Waals surface area contributed by atoms with Gasteiger partial charge < -0.3 is 9.64 Å². The van der Waals surface area contributed by atoms with E-state index in [1.165, 1.54) is 0 Å². The maximum absolute atomic E-state index is 7.18. The third-order valence-electron chi connectivity index (χ3n) is 2.82. The zero-order valence-electron chi connectivity index (χ0n) is 10.4. The number of nitrogens with zero attached hydrogens (tertiary/aromatic N) is 2. The summed E-state index contributed by atoms with van der Waals surface area (Å²) in [7, 11) is 3.60. The van der Waals surface area contributed by atoms with Crippen LogP contribution in [0.5, 0.6) is 5.75 Å². The van der Waals surface area contributed by atoms with Crippen LogP contribution in [0.15, 0.2) is 48.5 Å². The number of benzene rings is 2. The minimum Gasteiger partial charge on any atom is -0.497 e. The fourth-order valence-electron chi connectivity index (χ4n) is 1.79. The first-order chi connectivity index (χ1) is 8.76. The largest absolute Gasteiger partial charge is 0.497 e. The highest BCUT2D eigenvalue weighted by molar-refractivity contribution is 5.76. The fraction of sp³-hybridized carbons (Fsp3) is 0.133. The van der Waals surface area contributed by atoms with Gasteiger partial charge in [0.1, 0.15) is 5.75 Å². The summed E-state index contributed by atoms with van der Waals surface area (Å²) >= 11 is 0. The minimum absolute atomic E-state index is 0.649. The van der Waals surface area contributed by atoms with Crippen molar-refractivity contribution in [2.75, 3.05) is 19.1 Å². The van der Waals surface area contributed by atoms with Crippen molar-refractivity contribution in [1.82, 2.24) is 0 Å². The van der Waals surface area contributed by atoms with Gasteiger partial charge in [-0.3, -0.25) is 0 Å². The highest BCUT2D eigenvalue weighted by Gasteiger charge is 2.08. The molecule has 0 aliphatic heterocycles. The van der Waals surface area contributed by atoms with Crippen LogP contribution in [-0.2, 0) is 0 Å². The summed E-state index contributed by atoms with van der Waals surface area (Å²) in [5.41, 5.74) is 2.57. The van der Waals surface area contributed by atoms with E-state index in [0.29, 0.717) is 5.69 Å². The molecule has 0 radical (unpaired) electrons. The van der Waals surface area contributed by atoms with E-state index in [9.17, 15) is 0 Å². The second kappa shape index (κ2) is 5.24. The Balaban J connectivity index is 2.35. The lowest BCUT2D eigenvalue weighted by Crippen LogP contribution is -2.09. The molecule has 0 heterocycles. The second-order valence-corrected chi connectivity index (χ2v) is 3.86. The molecule has 0 aliphatic rings. The third-order valence-corrected chi connectivity index (χ3v) is 2.82. The smallest absolute Gasteiger partial charge is 0.210 e. The maximum Gasteiger partial charge on any atom is 0.210 e. The molecular formula is C15H14N2O. The van der Waals surface area contributed by atoms with Crippen LogP contribution in [0.25, 0.3) is 4.85 Å². The van der Waals surface area contributed by atoms with E-state index in [0.717, 1.165) is 17.1 Å². The van der Waals surface area contributed by atoms with Gasteiger partial charge in [0.05, 0.1) is 13.7 Å². The first kappa shape index (κ1) is 12.0. The van der Waals surface area contributed by atoms with E-state index < -0.39 is 0 Å². The van der Waals surface area contributed by atoms with Gasteiger partial charge in [0.15, 0.2) is 0 Å².